The van der Waals surface area contributed by atoms with E-state index in [2.05, 4.69) is 18.7 Å². The molecule has 0 amide bonds. The molecule has 2 heterocycles. The van der Waals surface area contributed by atoms with Gasteiger partial charge in [-0.2, -0.15) is 0 Å². The van der Waals surface area contributed by atoms with Crippen LogP contribution >= 0.6 is 0 Å². The Morgan fingerprint density at radius 1 is 1.16 bits per heavy atom. The fourth-order valence-electron chi connectivity index (χ4n) is 3.08. The average Bonchev–Trinajstić information content (AvgIpc) is 2.81. The van der Waals surface area contributed by atoms with Gasteiger partial charge in [0.05, 0.1) is 0 Å². The van der Waals surface area contributed by atoms with Crippen molar-refractivity contribution in [3.8, 4) is 17.2 Å². The van der Waals surface area contributed by atoms with Crippen LogP contribution in [0.15, 0.2) is 12.1 Å². The highest BCUT2D eigenvalue weighted by Crippen LogP contribution is 2.38. The van der Waals surface area contributed by atoms with E-state index in [1.165, 1.54) is 19.3 Å². The summed E-state index contributed by atoms with van der Waals surface area (Å²) in [5, 5.41) is 10.1. The second kappa shape index (κ2) is 4.93. The number of ether oxygens (including phenoxy) is 2. The molecule has 19 heavy (non-hydrogen) atoms. The molecule has 0 radical (unpaired) electrons. The van der Waals surface area contributed by atoms with Crippen molar-refractivity contribution >= 4 is 0 Å². The van der Waals surface area contributed by atoms with Gasteiger partial charge in [-0.25, -0.2) is 0 Å². The highest BCUT2D eigenvalue weighted by Gasteiger charge is 2.26. The molecule has 0 saturated carbocycles. The first-order chi connectivity index (χ1) is 9.15. The minimum Gasteiger partial charge on any atom is -0.507 e. The molecule has 0 bridgehead atoms. The maximum absolute atomic E-state index is 10.1. The van der Waals surface area contributed by atoms with Gasteiger partial charge in [-0.05, 0) is 32.8 Å². The van der Waals surface area contributed by atoms with Crippen LogP contribution in [0.5, 0.6) is 17.2 Å². The molecule has 2 aliphatic heterocycles. The second-order valence-corrected chi connectivity index (χ2v) is 5.64. The number of piperidine rings is 1. The highest BCUT2D eigenvalue weighted by atomic mass is 16.7. The lowest BCUT2D eigenvalue weighted by Crippen LogP contribution is -2.42. The number of nitrogens with zero attached hydrogens (tertiary/aromatic N) is 1. The zero-order valence-electron chi connectivity index (χ0n) is 11.6. The number of rotatable bonds is 2. The molecule has 4 heteroatoms. The molecule has 0 aliphatic carbocycles. The topological polar surface area (TPSA) is 41.9 Å². The van der Waals surface area contributed by atoms with Gasteiger partial charge in [0.25, 0.3) is 0 Å². The molecule has 3 rings (SSSR count). The average molecular weight is 263 g/mol. The zero-order valence-corrected chi connectivity index (χ0v) is 11.6. The van der Waals surface area contributed by atoms with Crippen LogP contribution in [0, 0.1) is 0 Å². The van der Waals surface area contributed by atoms with Crippen LogP contribution in [-0.2, 0) is 6.54 Å². The van der Waals surface area contributed by atoms with E-state index in [1.54, 1.807) is 6.07 Å². The van der Waals surface area contributed by atoms with Crippen molar-refractivity contribution in [2.75, 3.05) is 6.79 Å². The summed E-state index contributed by atoms with van der Waals surface area (Å²) in [4.78, 5) is 2.46. The predicted molar refractivity (Wildman–Crippen MR) is 72.5 cm³/mol. The molecule has 1 fully saturated rings. The maximum Gasteiger partial charge on any atom is 0.231 e. The molecule has 0 unspecified atom stereocenters. The van der Waals surface area contributed by atoms with E-state index in [4.69, 9.17) is 9.47 Å². The van der Waals surface area contributed by atoms with E-state index in [1.807, 2.05) is 6.07 Å². The number of benzene rings is 1. The summed E-state index contributed by atoms with van der Waals surface area (Å²) in [7, 11) is 0. The molecule has 1 N–H and O–H groups in total. The Bertz CT molecular complexity index is 465. The monoisotopic (exact) mass is 263 g/mol. The largest absolute Gasteiger partial charge is 0.507 e. The summed E-state index contributed by atoms with van der Waals surface area (Å²) in [5.74, 6) is 1.68. The second-order valence-electron chi connectivity index (χ2n) is 5.64. The predicted octanol–water partition coefficient (Wildman–Crippen LogP) is 2.88. The van der Waals surface area contributed by atoms with Crippen LogP contribution in [0.1, 0.15) is 38.7 Å². The first-order valence-corrected chi connectivity index (χ1v) is 7.02. The van der Waals surface area contributed by atoms with Gasteiger partial charge in [-0.15, -0.1) is 0 Å². The maximum atomic E-state index is 10.1. The Labute approximate surface area is 113 Å². The van der Waals surface area contributed by atoms with Gasteiger partial charge in [0, 0.05) is 30.3 Å². The Morgan fingerprint density at radius 2 is 1.79 bits per heavy atom. The van der Waals surface area contributed by atoms with Crippen LogP contribution in [0.4, 0.5) is 0 Å². The molecule has 2 atom stereocenters. The zero-order chi connectivity index (χ0) is 13.4. The lowest BCUT2D eigenvalue weighted by Gasteiger charge is -2.39. The normalized spacial score (nSPS) is 26.6. The summed E-state index contributed by atoms with van der Waals surface area (Å²) in [6.07, 6.45) is 3.76. The SMILES string of the molecule is C[C@@H]1CCC[C@H](C)N1Cc1cc2c(cc1O)OCO2. The van der Waals surface area contributed by atoms with E-state index in [0.29, 0.717) is 23.6 Å². The number of aromatic hydroxyl groups is 1. The van der Waals surface area contributed by atoms with Crippen LogP contribution < -0.4 is 9.47 Å². The van der Waals surface area contributed by atoms with Crippen molar-refractivity contribution in [2.24, 2.45) is 0 Å². The van der Waals surface area contributed by atoms with Gasteiger partial charge >= 0.3 is 0 Å². The van der Waals surface area contributed by atoms with Crippen molar-refractivity contribution in [3.63, 3.8) is 0 Å². The number of hydrogen-bond donors (Lipinski definition) is 1. The number of phenolic OH excluding ortho intramolecular Hbond substituents is 1. The van der Waals surface area contributed by atoms with Crippen molar-refractivity contribution in [3.05, 3.63) is 17.7 Å². The van der Waals surface area contributed by atoms with Gasteiger partial charge in [0.15, 0.2) is 11.5 Å². The van der Waals surface area contributed by atoms with Crippen molar-refractivity contribution in [2.45, 2.75) is 51.7 Å². The van der Waals surface area contributed by atoms with Crippen molar-refractivity contribution in [1.29, 1.82) is 0 Å². The van der Waals surface area contributed by atoms with Crippen LogP contribution in [0.25, 0.3) is 0 Å². The van der Waals surface area contributed by atoms with Crippen LogP contribution in [-0.4, -0.2) is 28.9 Å². The fraction of sp³-hybridized carbons (Fsp3) is 0.600. The van der Waals surface area contributed by atoms with E-state index >= 15 is 0 Å². The van der Waals surface area contributed by atoms with E-state index in [9.17, 15) is 5.11 Å². The number of phenols is 1. The minimum absolute atomic E-state index is 0.245. The Balaban J connectivity index is 1.82. The Morgan fingerprint density at radius 3 is 2.47 bits per heavy atom. The fourth-order valence-corrected chi connectivity index (χ4v) is 3.08. The van der Waals surface area contributed by atoms with Gasteiger partial charge in [-0.3, -0.25) is 4.90 Å². The standard InChI is InChI=1S/C15H21NO3/c1-10-4-3-5-11(2)16(10)8-12-6-14-15(7-13(12)17)19-9-18-14/h6-7,10-11,17H,3-5,8-9H2,1-2H3/t10-,11+. The Hall–Kier alpha value is -1.42. The van der Waals surface area contributed by atoms with Crippen molar-refractivity contribution in [1.82, 2.24) is 4.90 Å². The summed E-state index contributed by atoms with van der Waals surface area (Å²) in [6, 6.07) is 4.70. The lowest BCUT2D eigenvalue weighted by atomic mass is 9.96. The van der Waals surface area contributed by atoms with Gasteiger partial charge < -0.3 is 14.6 Å². The number of likely N-dealkylation sites (tertiary alicyclic amines) is 1. The van der Waals surface area contributed by atoms with Crippen molar-refractivity contribution < 1.29 is 14.6 Å². The van der Waals surface area contributed by atoms with Gasteiger partial charge in [-0.1, -0.05) is 6.42 Å². The molecule has 0 spiro atoms. The molecular formula is C15H21NO3. The third kappa shape index (κ3) is 2.37. The number of hydrogen-bond acceptors (Lipinski definition) is 4. The molecule has 1 saturated heterocycles. The summed E-state index contributed by atoms with van der Waals surface area (Å²) in [5.41, 5.74) is 0.921. The lowest BCUT2D eigenvalue weighted by molar-refractivity contribution is 0.0943. The minimum atomic E-state index is 0.245. The highest BCUT2D eigenvalue weighted by molar-refractivity contribution is 5.51. The van der Waals surface area contributed by atoms with E-state index < -0.39 is 0 Å². The van der Waals surface area contributed by atoms with Crippen LogP contribution in [0.2, 0.25) is 0 Å². The third-order valence-corrected chi connectivity index (χ3v) is 4.30. The quantitative estimate of drug-likeness (QED) is 0.891. The molecule has 1 aromatic rings. The summed E-state index contributed by atoms with van der Waals surface area (Å²) < 4.78 is 10.7. The smallest absolute Gasteiger partial charge is 0.231 e. The summed E-state index contributed by atoms with van der Waals surface area (Å²) >= 11 is 0. The Kier molecular flexibility index (Phi) is 3.27. The van der Waals surface area contributed by atoms with Gasteiger partial charge in [0.1, 0.15) is 5.75 Å². The van der Waals surface area contributed by atoms with Crippen LogP contribution in [0.3, 0.4) is 0 Å². The molecule has 1 aromatic carbocycles. The van der Waals surface area contributed by atoms with E-state index in [0.717, 1.165) is 17.9 Å². The van der Waals surface area contributed by atoms with E-state index in [-0.39, 0.29) is 6.79 Å². The summed E-state index contributed by atoms with van der Waals surface area (Å²) in [6.45, 7) is 5.54. The third-order valence-electron chi connectivity index (χ3n) is 4.30. The number of fused-ring (bicyclic) bond motifs is 1. The molecular weight excluding hydrogens is 242 g/mol. The molecule has 104 valence electrons. The first kappa shape index (κ1) is 12.6. The molecule has 4 nitrogen and oxygen atoms in total. The molecule has 2 aliphatic rings. The van der Waals surface area contributed by atoms with Gasteiger partial charge in [0.2, 0.25) is 6.79 Å². The first-order valence-electron chi connectivity index (χ1n) is 7.02. The molecule has 0 aromatic heterocycles.